The molecule has 1 aliphatic carbocycles. The van der Waals surface area contributed by atoms with E-state index in [2.05, 4.69) is 36.4 Å². The number of rotatable bonds is 8. The highest BCUT2D eigenvalue weighted by atomic mass is 32.1. The van der Waals surface area contributed by atoms with Crippen molar-refractivity contribution < 1.29 is 0 Å². The number of nitrogens with zero attached hydrogens (tertiary/aromatic N) is 2. The van der Waals surface area contributed by atoms with Crippen LogP contribution in [0, 0.1) is 0 Å². The van der Waals surface area contributed by atoms with Crippen LogP contribution in [0.15, 0.2) is 5.38 Å². The van der Waals surface area contributed by atoms with Crippen molar-refractivity contribution in [2.75, 3.05) is 6.54 Å². The summed E-state index contributed by atoms with van der Waals surface area (Å²) in [5, 5.41) is 6.97. The molecule has 4 heteroatoms. The van der Waals surface area contributed by atoms with Crippen LogP contribution in [0.2, 0.25) is 0 Å². The molecule has 0 aliphatic heterocycles. The largest absolute Gasteiger partial charge is 0.308 e. The highest BCUT2D eigenvalue weighted by Gasteiger charge is 2.20. The lowest BCUT2D eigenvalue weighted by Gasteiger charge is -2.25. The summed E-state index contributed by atoms with van der Waals surface area (Å²) >= 11 is 1.79. The molecule has 1 saturated carbocycles. The van der Waals surface area contributed by atoms with Crippen molar-refractivity contribution in [2.45, 2.75) is 65.2 Å². The number of aromatic nitrogens is 1. The van der Waals surface area contributed by atoms with Crippen molar-refractivity contribution in [3.8, 4) is 0 Å². The number of thiazole rings is 1. The molecule has 1 N–H and O–H groups in total. The van der Waals surface area contributed by atoms with E-state index in [1.807, 2.05) is 0 Å². The zero-order chi connectivity index (χ0) is 13.0. The van der Waals surface area contributed by atoms with E-state index >= 15 is 0 Å². The standard InChI is InChI=1S/C14H25N3S/c1-4-11(3)17(5-2)9-13-10-18-14(16-13)8-15-12-6-7-12/h10-12,15H,4-9H2,1-3H3. The van der Waals surface area contributed by atoms with E-state index in [0.717, 1.165) is 25.7 Å². The summed E-state index contributed by atoms with van der Waals surface area (Å²) in [6.45, 7) is 9.82. The van der Waals surface area contributed by atoms with Crippen molar-refractivity contribution in [1.82, 2.24) is 15.2 Å². The van der Waals surface area contributed by atoms with Crippen molar-refractivity contribution in [3.05, 3.63) is 16.1 Å². The third-order valence-electron chi connectivity index (χ3n) is 3.70. The van der Waals surface area contributed by atoms with Gasteiger partial charge in [-0.1, -0.05) is 13.8 Å². The maximum Gasteiger partial charge on any atom is 0.107 e. The Morgan fingerprint density at radius 2 is 2.28 bits per heavy atom. The molecule has 18 heavy (non-hydrogen) atoms. The van der Waals surface area contributed by atoms with E-state index in [1.54, 1.807) is 11.3 Å². The molecule has 1 aromatic rings. The van der Waals surface area contributed by atoms with Crippen LogP contribution in [0.25, 0.3) is 0 Å². The molecule has 102 valence electrons. The fraction of sp³-hybridized carbons (Fsp3) is 0.786. The van der Waals surface area contributed by atoms with Crippen molar-refractivity contribution in [3.63, 3.8) is 0 Å². The summed E-state index contributed by atoms with van der Waals surface area (Å²) in [7, 11) is 0. The first-order chi connectivity index (χ1) is 8.72. The molecule has 1 fully saturated rings. The smallest absolute Gasteiger partial charge is 0.107 e. The lowest BCUT2D eigenvalue weighted by atomic mass is 10.2. The Kier molecular flexibility index (Phi) is 5.15. The molecule has 0 aromatic carbocycles. The number of hydrogen-bond donors (Lipinski definition) is 1. The van der Waals surface area contributed by atoms with Gasteiger partial charge >= 0.3 is 0 Å². The van der Waals surface area contributed by atoms with Gasteiger partial charge in [-0.25, -0.2) is 4.98 Å². The zero-order valence-electron chi connectivity index (χ0n) is 11.8. The second-order valence-corrected chi connectivity index (χ2v) is 6.15. The first kappa shape index (κ1) is 14.0. The molecule has 1 atom stereocenters. The summed E-state index contributed by atoms with van der Waals surface area (Å²) in [6.07, 6.45) is 3.89. The van der Waals surface area contributed by atoms with E-state index in [4.69, 9.17) is 4.98 Å². The Hall–Kier alpha value is -0.450. The average Bonchev–Trinajstić information content (AvgIpc) is 3.12. The van der Waals surface area contributed by atoms with Gasteiger partial charge in [-0.2, -0.15) is 0 Å². The summed E-state index contributed by atoms with van der Waals surface area (Å²) in [4.78, 5) is 7.22. The Balaban J connectivity index is 1.83. The van der Waals surface area contributed by atoms with Crippen LogP contribution in [0.4, 0.5) is 0 Å². The molecule has 0 radical (unpaired) electrons. The van der Waals surface area contributed by atoms with Gasteiger partial charge in [-0.05, 0) is 32.7 Å². The molecule has 1 heterocycles. The van der Waals surface area contributed by atoms with Gasteiger partial charge in [0.05, 0.1) is 5.69 Å². The van der Waals surface area contributed by atoms with Gasteiger partial charge in [0.2, 0.25) is 0 Å². The monoisotopic (exact) mass is 267 g/mol. The van der Waals surface area contributed by atoms with Gasteiger partial charge in [-0.15, -0.1) is 11.3 Å². The molecule has 3 nitrogen and oxygen atoms in total. The first-order valence-electron chi connectivity index (χ1n) is 7.13. The van der Waals surface area contributed by atoms with Gasteiger partial charge in [0, 0.05) is 30.6 Å². The molecule has 1 unspecified atom stereocenters. The van der Waals surface area contributed by atoms with Gasteiger partial charge in [0.15, 0.2) is 0 Å². The number of nitrogens with one attached hydrogen (secondary N) is 1. The van der Waals surface area contributed by atoms with Crippen LogP contribution >= 0.6 is 11.3 Å². The van der Waals surface area contributed by atoms with Crippen molar-refractivity contribution in [2.24, 2.45) is 0 Å². The fourth-order valence-electron chi connectivity index (χ4n) is 2.07. The Morgan fingerprint density at radius 3 is 2.89 bits per heavy atom. The molecule has 1 aliphatic rings. The molecular formula is C14H25N3S. The van der Waals surface area contributed by atoms with Crippen molar-refractivity contribution >= 4 is 11.3 Å². The second-order valence-electron chi connectivity index (χ2n) is 5.21. The first-order valence-corrected chi connectivity index (χ1v) is 8.01. The summed E-state index contributed by atoms with van der Waals surface area (Å²) in [5.74, 6) is 0. The summed E-state index contributed by atoms with van der Waals surface area (Å²) in [6, 6.07) is 1.41. The van der Waals surface area contributed by atoms with Crippen molar-refractivity contribution in [1.29, 1.82) is 0 Å². The molecule has 0 amide bonds. The summed E-state index contributed by atoms with van der Waals surface area (Å²) < 4.78 is 0. The average molecular weight is 267 g/mol. The molecule has 1 aromatic heterocycles. The van der Waals surface area contributed by atoms with E-state index in [9.17, 15) is 0 Å². The quantitative estimate of drug-likeness (QED) is 0.785. The van der Waals surface area contributed by atoms with Gasteiger partial charge in [0.25, 0.3) is 0 Å². The van der Waals surface area contributed by atoms with Gasteiger partial charge in [-0.3, -0.25) is 4.90 Å². The van der Waals surface area contributed by atoms with Gasteiger partial charge in [0.1, 0.15) is 5.01 Å². The van der Waals surface area contributed by atoms with Crippen LogP contribution in [0.1, 0.15) is 50.7 Å². The Morgan fingerprint density at radius 1 is 1.50 bits per heavy atom. The Labute approximate surface area is 115 Å². The van der Waals surface area contributed by atoms with Gasteiger partial charge < -0.3 is 5.32 Å². The van der Waals surface area contributed by atoms with E-state index in [0.29, 0.717) is 6.04 Å². The lowest BCUT2D eigenvalue weighted by molar-refractivity contribution is 0.204. The van der Waals surface area contributed by atoms with Crippen LogP contribution in [0.3, 0.4) is 0 Å². The molecular weight excluding hydrogens is 242 g/mol. The third kappa shape index (κ3) is 4.04. The van der Waals surface area contributed by atoms with E-state index < -0.39 is 0 Å². The minimum atomic E-state index is 0.643. The van der Waals surface area contributed by atoms with Crippen LogP contribution in [0.5, 0.6) is 0 Å². The lowest BCUT2D eigenvalue weighted by Crippen LogP contribution is -2.31. The normalized spacial score (nSPS) is 17.3. The third-order valence-corrected chi connectivity index (χ3v) is 4.60. The molecule has 2 rings (SSSR count). The molecule has 0 bridgehead atoms. The topological polar surface area (TPSA) is 28.2 Å². The highest BCUT2D eigenvalue weighted by Crippen LogP contribution is 2.20. The van der Waals surface area contributed by atoms with Crippen LogP contribution in [-0.2, 0) is 13.1 Å². The van der Waals surface area contributed by atoms with E-state index in [1.165, 1.54) is 30.0 Å². The zero-order valence-corrected chi connectivity index (χ0v) is 12.6. The predicted molar refractivity (Wildman–Crippen MR) is 77.8 cm³/mol. The second kappa shape index (κ2) is 6.64. The SMILES string of the molecule is CCC(C)N(CC)Cc1csc(CNC2CC2)n1. The minimum Gasteiger partial charge on any atom is -0.308 e. The fourth-order valence-corrected chi connectivity index (χ4v) is 2.80. The molecule has 0 saturated heterocycles. The summed E-state index contributed by atoms with van der Waals surface area (Å²) in [5.41, 5.74) is 1.23. The molecule has 0 spiro atoms. The van der Waals surface area contributed by atoms with Crippen LogP contribution < -0.4 is 5.32 Å². The Bertz CT molecular complexity index is 360. The maximum atomic E-state index is 4.73. The minimum absolute atomic E-state index is 0.643. The highest BCUT2D eigenvalue weighted by molar-refractivity contribution is 7.09. The van der Waals surface area contributed by atoms with Crippen LogP contribution in [-0.4, -0.2) is 28.5 Å². The number of hydrogen-bond acceptors (Lipinski definition) is 4. The predicted octanol–water partition coefficient (Wildman–Crippen LogP) is 3.02. The maximum absolute atomic E-state index is 4.73. The van der Waals surface area contributed by atoms with E-state index in [-0.39, 0.29) is 0 Å².